The zero-order valence-corrected chi connectivity index (χ0v) is 16.4. The number of ether oxygens (including phenoxy) is 1. The number of carbonyl (C=O) groups is 2. The summed E-state index contributed by atoms with van der Waals surface area (Å²) < 4.78 is 5.09. The van der Waals surface area contributed by atoms with Crippen molar-refractivity contribution in [3.8, 4) is 0 Å². The molecule has 2 N–H and O–H groups in total. The van der Waals surface area contributed by atoms with E-state index in [0.29, 0.717) is 21.3 Å². The summed E-state index contributed by atoms with van der Waals surface area (Å²) in [5, 5.41) is 16.1. The third-order valence-electron chi connectivity index (χ3n) is 2.86. The van der Waals surface area contributed by atoms with Crippen LogP contribution < -0.4 is 5.32 Å². The van der Waals surface area contributed by atoms with Crippen LogP contribution in [0, 0.1) is 0 Å². The van der Waals surface area contributed by atoms with Crippen LogP contribution in [0.15, 0.2) is 23.4 Å². The largest absolute Gasteiger partial charge is 0.481 e. The van der Waals surface area contributed by atoms with Crippen molar-refractivity contribution in [2.45, 2.75) is 39.2 Å². The lowest BCUT2D eigenvalue weighted by Gasteiger charge is -2.19. The minimum absolute atomic E-state index is 0.0944. The van der Waals surface area contributed by atoms with Crippen LogP contribution in [0.1, 0.15) is 39.2 Å². The van der Waals surface area contributed by atoms with Crippen molar-refractivity contribution in [3.05, 3.63) is 33.8 Å². The number of rotatable bonds is 8. The summed E-state index contributed by atoms with van der Waals surface area (Å²) in [5.41, 5.74) is 0.449. The first-order valence-corrected chi connectivity index (χ1v) is 8.67. The van der Waals surface area contributed by atoms with Crippen molar-refractivity contribution in [2.24, 2.45) is 5.16 Å². The molecular weight excluding hydrogens is 383 g/mol. The van der Waals surface area contributed by atoms with Gasteiger partial charge in [0, 0.05) is 12.0 Å². The number of benzene rings is 1. The molecule has 0 aromatic heterocycles. The van der Waals surface area contributed by atoms with Gasteiger partial charge in [0.2, 0.25) is 0 Å². The quantitative estimate of drug-likeness (QED) is 0.386. The first-order valence-electron chi connectivity index (χ1n) is 7.91. The number of carboxylic acids is 1. The van der Waals surface area contributed by atoms with E-state index in [9.17, 15) is 9.59 Å². The van der Waals surface area contributed by atoms with Crippen molar-refractivity contribution >= 4 is 41.0 Å². The van der Waals surface area contributed by atoms with Gasteiger partial charge in [-0.1, -0.05) is 34.4 Å². The molecule has 1 aromatic carbocycles. The van der Waals surface area contributed by atoms with Crippen LogP contribution in [-0.4, -0.2) is 41.6 Å². The SMILES string of the molecule is CC(C)(C)OC(=O)NCCON=C(CCC(=O)O)c1ccc(Cl)c(Cl)c1. The highest BCUT2D eigenvalue weighted by molar-refractivity contribution is 6.42. The molecule has 0 spiro atoms. The van der Waals surface area contributed by atoms with E-state index < -0.39 is 17.7 Å². The van der Waals surface area contributed by atoms with Crippen molar-refractivity contribution < 1.29 is 24.3 Å². The summed E-state index contributed by atoms with van der Waals surface area (Å²) in [7, 11) is 0. The second kappa shape index (κ2) is 10.2. The minimum Gasteiger partial charge on any atom is -0.481 e. The summed E-state index contributed by atoms with van der Waals surface area (Å²) in [6, 6.07) is 4.86. The Morgan fingerprint density at radius 1 is 1.19 bits per heavy atom. The van der Waals surface area contributed by atoms with Gasteiger partial charge in [0.15, 0.2) is 0 Å². The standard InChI is InChI=1S/C17H22Cl2N2O5/c1-17(2,3)26-16(24)20-8-9-25-21-14(6-7-15(22)23)11-4-5-12(18)13(19)10-11/h4-5,10H,6-9H2,1-3H3,(H,20,24)(H,22,23). The van der Waals surface area contributed by atoms with E-state index in [2.05, 4.69) is 10.5 Å². The average Bonchev–Trinajstić information content (AvgIpc) is 2.51. The second-order valence-electron chi connectivity index (χ2n) is 6.32. The highest BCUT2D eigenvalue weighted by Crippen LogP contribution is 2.23. The Bertz CT molecular complexity index is 672. The zero-order valence-electron chi connectivity index (χ0n) is 14.8. The van der Waals surface area contributed by atoms with E-state index in [-0.39, 0.29) is 26.0 Å². The summed E-state index contributed by atoms with van der Waals surface area (Å²) in [5.74, 6) is -0.954. The molecule has 0 aliphatic heterocycles. The molecule has 0 radical (unpaired) electrons. The van der Waals surface area contributed by atoms with Crippen molar-refractivity contribution in [1.82, 2.24) is 5.32 Å². The van der Waals surface area contributed by atoms with Gasteiger partial charge in [-0.15, -0.1) is 0 Å². The van der Waals surface area contributed by atoms with Crippen molar-refractivity contribution in [3.63, 3.8) is 0 Å². The molecule has 1 rings (SSSR count). The smallest absolute Gasteiger partial charge is 0.407 e. The molecule has 0 fully saturated rings. The first kappa shape index (κ1) is 22.1. The fourth-order valence-corrected chi connectivity index (χ4v) is 2.08. The number of nitrogens with zero attached hydrogens (tertiary/aromatic N) is 1. The highest BCUT2D eigenvalue weighted by Gasteiger charge is 2.15. The number of halogens is 2. The van der Waals surface area contributed by atoms with Gasteiger partial charge >= 0.3 is 12.1 Å². The van der Waals surface area contributed by atoms with Crippen LogP contribution >= 0.6 is 23.2 Å². The van der Waals surface area contributed by atoms with Crippen LogP contribution in [0.4, 0.5) is 4.79 Å². The third-order valence-corrected chi connectivity index (χ3v) is 3.60. The van der Waals surface area contributed by atoms with Gasteiger partial charge in [-0.2, -0.15) is 0 Å². The topological polar surface area (TPSA) is 97.2 Å². The maximum Gasteiger partial charge on any atom is 0.407 e. The lowest BCUT2D eigenvalue weighted by Crippen LogP contribution is -2.34. The average molecular weight is 405 g/mol. The van der Waals surface area contributed by atoms with Crippen LogP contribution in [0.3, 0.4) is 0 Å². The molecule has 0 heterocycles. The zero-order chi connectivity index (χ0) is 19.7. The van der Waals surface area contributed by atoms with E-state index in [1.807, 2.05) is 0 Å². The van der Waals surface area contributed by atoms with Gasteiger partial charge in [-0.05, 0) is 32.9 Å². The van der Waals surface area contributed by atoms with Crippen molar-refractivity contribution in [1.29, 1.82) is 0 Å². The van der Waals surface area contributed by atoms with Gasteiger partial charge in [0.1, 0.15) is 12.2 Å². The lowest BCUT2D eigenvalue weighted by molar-refractivity contribution is -0.136. The number of hydrogen-bond acceptors (Lipinski definition) is 5. The Hall–Kier alpha value is -1.99. The van der Waals surface area contributed by atoms with Gasteiger partial charge < -0.3 is 20.0 Å². The predicted molar refractivity (Wildman–Crippen MR) is 100 cm³/mol. The highest BCUT2D eigenvalue weighted by atomic mass is 35.5. The summed E-state index contributed by atoms with van der Waals surface area (Å²) >= 11 is 11.9. The third kappa shape index (κ3) is 8.92. The van der Waals surface area contributed by atoms with E-state index in [1.54, 1.807) is 39.0 Å². The Morgan fingerprint density at radius 3 is 2.46 bits per heavy atom. The van der Waals surface area contributed by atoms with E-state index in [1.165, 1.54) is 0 Å². The summed E-state index contributed by atoms with van der Waals surface area (Å²) in [4.78, 5) is 27.5. The normalized spacial score (nSPS) is 11.8. The molecule has 1 amide bonds. The summed E-state index contributed by atoms with van der Waals surface area (Å²) in [6.45, 7) is 5.57. The molecular formula is C17H22Cl2N2O5. The van der Waals surface area contributed by atoms with Crippen LogP contribution in [0.5, 0.6) is 0 Å². The molecule has 0 aliphatic carbocycles. The minimum atomic E-state index is -0.954. The first-order chi connectivity index (χ1) is 12.1. The monoisotopic (exact) mass is 404 g/mol. The Balaban J connectivity index is 2.62. The number of aliphatic carboxylic acids is 1. The Kier molecular flexibility index (Phi) is 8.68. The molecule has 9 heteroatoms. The van der Waals surface area contributed by atoms with E-state index >= 15 is 0 Å². The number of carboxylic acid groups (broad SMARTS) is 1. The Morgan fingerprint density at radius 2 is 1.88 bits per heavy atom. The molecule has 0 aliphatic rings. The van der Waals surface area contributed by atoms with Gasteiger partial charge in [0.05, 0.1) is 28.7 Å². The van der Waals surface area contributed by atoms with Crippen LogP contribution in [-0.2, 0) is 14.4 Å². The Labute approximate surface area is 162 Å². The number of amides is 1. The summed E-state index contributed by atoms with van der Waals surface area (Å²) in [6.07, 6.45) is -0.508. The lowest BCUT2D eigenvalue weighted by atomic mass is 10.1. The molecule has 0 unspecified atom stereocenters. The molecule has 144 valence electrons. The van der Waals surface area contributed by atoms with Crippen LogP contribution in [0.2, 0.25) is 10.0 Å². The van der Waals surface area contributed by atoms with E-state index in [4.69, 9.17) is 37.9 Å². The molecule has 0 saturated carbocycles. The van der Waals surface area contributed by atoms with Gasteiger partial charge in [0.25, 0.3) is 0 Å². The van der Waals surface area contributed by atoms with Crippen molar-refractivity contribution in [2.75, 3.05) is 13.2 Å². The molecule has 1 aromatic rings. The number of nitrogens with one attached hydrogen (secondary N) is 1. The molecule has 0 saturated heterocycles. The second-order valence-corrected chi connectivity index (χ2v) is 7.14. The van der Waals surface area contributed by atoms with Crippen LogP contribution in [0.25, 0.3) is 0 Å². The number of alkyl carbamates (subject to hydrolysis) is 1. The predicted octanol–water partition coefficient (Wildman–Crippen LogP) is 4.10. The number of oxime groups is 1. The molecule has 7 nitrogen and oxygen atoms in total. The maximum absolute atomic E-state index is 11.5. The number of hydrogen-bond donors (Lipinski definition) is 2. The van der Waals surface area contributed by atoms with Gasteiger partial charge in [-0.25, -0.2) is 4.79 Å². The molecule has 0 bridgehead atoms. The fraction of sp³-hybridized carbons (Fsp3) is 0.471. The maximum atomic E-state index is 11.5. The number of carbonyl (C=O) groups excluding carboxylic acids is 1. The van der Waals surface area contributed by atoms with Gasteiger partial charge in [-0.3, -0.25) is 4.79 Å². The molecule has 26 heavy (non-hydrogen) atoms. The fourth-order valence-electron chi connectivity index (χ4n) is 1.78. The molecule has 0 atom stereocenters. The van der Waals surface area contributed by atoms with E-state index in [0.717, 1.165) is 0 Å².